The Labute approximate surface area is 204 Å². The number of carbonyl (C=O) groups excluding carboxylic acids is 1. The first kappa shape index (κ1) is 22.1. The number of fused-ring (bicyclic) bond motifs is 2. The quantitative estimate of drug-likeness (QED) is 0.340. The largest absolute Gasteiger partial charge is 0.346 e. The van der Waals surface area contributed by atoms with Crippen molar-refractivity contribution in [1.82, 2.24) is 19.9 Å². The summed E-state index contributed by atoms with van der Waals surface area (Å²) in [6.45, 7) is 3.88. The van der Waals surface area contributed by atoms with Crippen LogP contribution in [0.2, 0.25) is 5.02 Å². The van der Waals surface area contributed by atoms with Crippen molar-refractivity contribution in [3.8, 4) is 0 Å². The van der Waals surface area contributed by atoms with Gasteiger partial charge in [-0.3, -0.25) is 9.59 Å². The van der Waals surface area contributed by atoms with Gasteiger partial charge in [-0.1, -0.05) is 59.3 Å². The summed E-state index contributed by atoms with van der Waals surface area (Å²) in [5.74, 6) is -0.233. The first-order valence-electron chi connectivity index (χ1n) is 10.6. The van der Waals surface area contributed by atoms with E-state index in [-0.39, 0.29) is 17.5 Å². The predicted molar refractivity (Wildman–Crippen MR) is 136 cm³/mol. The topological polar surface area (TPSA) is 88.4 Å². The van der Waals surface area contributed by atoms with Crippen molar-refractivity contribution >= 4 is 55.5 Å². The van der Waals surface area contributed by atoms with Gasteiger partial charge in [0.25, 0.3) is 11.5 Å². The third kappa shape index (κ3) is 4.25. The fraction of sp³-hybridized carbons (Fsp3) is 0.120. The van der Waals surface area contributed by atoms with Gasteiger partial charge in [-0.15, -0.1) is 5.10 Å². The van der Waals surface area contributed by atoms with Gasteiger partial charge in [-0.2, -0.15) is 4.52 Å². The molecule has 0 radical (unpaired) electrons. The van der Waals surface area contributed by atoms with Crippen LogP contribution in [0.4, 0.5) is 10.8 Å². The summed E-state index contributed by atoms with van der Waals surface area (Å²) < 4.78 is 1.27. The minimum atomic E-state index is -0.295. The number of amides is 1. The number of hydrogen-bond donors (Lipinski definition) is 2. The molecule has 2 heterocycles. The number of nitrogens with one attached hydrogen (secondary N) is 2. The minimum Gasteiger partial charge on any atom is -0.346 e. The van der Waals surface area contributed by atoms with Gasteiger partial charge in [0.1, 0.15) is 0 Å². The van der Waals surface area contributed by atoms with E-state index in [0.29, 0.717) is 31.6 Å². The van der Waals surface area contributed by atoms with E-state index in [0.717, 1.165) is 16.8 Å². The predicted octanol–water partition coefficient (Wildman–Crippen LogP) is 5.50. The van der Waals surface area contributed by atoms with Crippen molar-refractivity contribution in [2.45, 2.75) is 19.9 Å². The number of nitrogens with zero attached hydrogens (tertiary/aromatic N) is 3. The van der Waals surface area contributed by atoms with Crippen LogP contribution in [0, 0.1) is 6.92 Å². The Balaban J connectivity index is 1.46. The molecular weight excluding hydrogens is 470 g/mol. The fourth-order valence-corrected chi connectivity index (χ4v) is 4.63. The molecule has 9 heteroatoms. The lowest BCUT2D eigenvalue weighted by Gasteiger charge is -2.14. The van der Waals surface area contributed by atoms with Crippen LogP contribution in [0.15, 0.2) is 71.5 Å². The molecule has 0 saturated heterocycles. The fourth-order valence-electron chi connectivity index (χ4n) is 3.65. The van der Waals surface area contributed by atoms with Crippen molar-refractivity contribution in [3.63, 3.8) is 0 Å². The van der Waals surface area contributed by atoms with Gasteiger partial charge < -0.3 is 10.6 Å². The maximum Gasteiger partial charge on any atom is 0.283 e. The molecule has 3 aromatic carbocycles. The van der Waals surface area contributed by atoms with Crippen LogP contribution in [0.5, 0.6) is 0 Å². The first-order chi connectivity index (χ1) is 16.4. The summed E-state index contributed by atoms with van der Waals surface area (Å²) in [5, 5.41) is 12.1. The Morgan fingerprint density at radius 3 is 2.68 bits per heavy atom. The summed E-state index contributed by atoms with van der Waals surface area (Å²) >= 11 is 7.35. The monoisotopic (exact) mass is 489 g/mol. The Hall–Kier alpha value is -3.75. The molecule has 0 aliphatic carbocycles. The van der Waals surface area contributed by atoms with Gasteiger partial charge in [0, 0.05) is 16.3 Å². The highest BCUT2D eigenvalue weighted by Crippen LogP contribution is 2.27. The molecule has 0 spiro atoms. The van der Waals surface area contributed by atoms with Crippen LogP contribution in [-0.2, 0) is 0 Å². The Morgan fingerprint density at radius 1 is 1.09 bits per heavy atom. The molecule has 0 aliphatic heterocycles. The van der Waals surface area contributed by atoms with Gasteiger partial charge in [0.2, 0.25) is 10.1 Å². The van der Waals surface area contributed by atoms with Gasteiger partial charge in [0.05, 0.1) is 16.9 Å². The summed E-state index contributed by atoms with van der Waals surface area (Å²) in [7, 11) is 0. The second-order valence-corrected chi connectivity index (χ2v) is 9.33. The molecule has 170 valence electrons. The van der Waals surface area contributed by atoms with E-state index in [1.165, 1.54) is 15.9 Å². The second kappa shape index (κ2) is 8.89. The summed E-state index contributed by atoms with van der Waals surface area (Å²) in [6.07, 6.45) is 0. The standard InChI is InChI=1S/C25H20ClN5O2S/c1-14-8-10-18(26)13-20(14)28-24-30-31-23(33)19-11-9-17(12-21(19)29-25(31)34-24)22(32)27-15(2)16-6-4-3-5-7-16/h3-13,15H,1-2H3,(H,27,32)(H,28,30)/t15-/m0/s1. The van der Waals surface area contributed by atoms with E-state index in [1.54, 1.807) is 24.3 Å². The number of benzene rings is 3. The van der Waals surface area contributed by atoms with Crippen LogP contribution in [-0.4, -0.2) is 20.5 Å². The average molecular weight is 490 g/mol. The molecule has 0 aliphatic rings. The highest BCUT2D eigenvalue weighted by Gasteiger charge is 2.16. The van der Waals surface area contributed by atoms with E-state index < -0.39 is 0 Å². The molecule has 1 atom stereocenters. The summed E-state index contributed by atoms with van der Waals surface area (Å²) in [6, 6.07) is 20.0. The molecule has 2 aromatic heterocycles. The Bertz CT molecular complexity index is 1600. The van der Waals surface area contributed by atoms with Crippen LogP contribution >= 0.6 is 22.9 Å². The SMILES string of the molecule is Cc1ccc(Cl)cc1Nc1nn2c(=O)c3ccc(C(=O)N[C@@H](C)c4ccccc4)cc3nc2s1. The highest BCUT2D eigenvalue weighted by atomic mass is 35.5. The zero-order valence-electron chi connectivity index (χ0n) is 18.4. The van der Waals surface area contributed by atoms with Crippen molar-refractivity contribution in [2.75, 3.05) is 5.32 Å². The minimum absolute atomic E-state index is 0.157. The van der Waals surface area contributed by atoms with E-state index in [4.69, 9.17) is 11.6 Å². The maximum absolute atomic E-state index is 13.0. The summed E-state index contributed by atoms with van der Waals surface area (Å²) in [5.41, 5.74) is 3.39. The number of halogens is 1. The van der Waals surface area contributed by atoms with Crippen LogP contribution in [0.25, 0.3) is 15.9 Å². The van der Waals surface area contributed by atoms with Crippen LogP contribution in [0.1, 0.15) is 34.5 Å². The molecular formula is C25H20ClN5O2S. The van der Waals surface area contributed by atoms with E-state index in [9.17, 15) is 9.59 Å². The Kier molecular flexibility index (Phi) is 5.77. The first-order valence-corrected chi connectivity index (χ1v) is 11.8. The number of rotatable bonds is 5. The molecule has 1 amide bonds. The van der Waals surface area contributed by atoms with Crippen molar-refractivity contribution in [3.05, 3.63) is 98.8 Å². The highest BCUT2D eigenvalue weighted by molar-refractivity contribution is 7.20. The Morgan fingerprint density at radius 2 is 1.88 bits per heavy atom. The van der Waals surface area contributed by atoms with Gasteiger partial charge in [-0.05, 0) is 55.3 Å². The number of hydrogen-bond acceptors (Lipinski definition) is 6. The summed E-state index contributed by atoms with van der Waals surface area (Å²) in [4.78, 5) is 30.9. The van der Waals surface area contributed by atoms with Crippen molar-refractivity contribution < 1.29 is 4.79 Å². The maximum atomic E-state index is 13.0. The van der Waals surface area contributed by atoms with Gasteiger partial charge >= 0.3 is 0 Å². The van der Waals surface area contributed by atoms with E-state index >= 15 is 0 Å². The van der Waals surface area contributed by atoms with Crippen LogP contribution < -0.4 is 16.2 Å². The molecule has 5 aromatic rings. The number of aromatic nitrogens is 3. The molecule has 2 N–H and O–H groups in total. The molecule has 0 bridgehead atoms. The lowest BCUT2D eigenvalue weighted by molar-refractivity contribution is 0.0940. The van der Waals surface area contributed by atoms with E-state index in [1.807, 2.05) is 56.3 Å². The molecule has 0 fully saturated rings. The molecule has 0 saturated carbocycles. The zero-order valence-corrected chi connectivity index (χ0v) is 19.9. The zero-order chi connectivity index (χ0) is 23.8. The molecule has 5 rings (SSSR count). The average Bonchev–Trinajstić information content (AvgIpc) is 3.24. The van der Waals surface area contributed by atoms with Crippen LogP contribution in [0.3, 0.4) is 0 Å². The lowest BCUT2D eigenvalue weighted by atomic mass is 10.1. The third-order valence-corrected chi connectivity index (χ3v) is 6.61. The second-order valence-electron chi connectivity index (χ2n) is 7.94. The molecule has 0 unspecified atom stereocenters. The third-order valence-electron chi connectivity index (χ3n) is 5.55. The van der Waals surface area contributed by atoms with Gasteiger partial charge in [0.15, 0.2) is 0 Å². The lowest BCUT2D eigenvalue weighted by Crippen LogP contribution is -2.26. The van der Waals surface area contributed by atoms with Crippen molar-refractivity contribution in [1.29, 1.82) is 0 Å². The van der Waals surface area contributed by atoms with Gasteiger partial charge in [-0.25, -0.2) is 4.98 Å². The normalized spacial score (nSPS) is 12.1. The number of carbonyl (C=O) groups is 1. The van der Waals surface area contributed by atoms with Crippen molar-refractivity contribution in [2.24, 2.45) is 0 Å². The van der Waals surface area contributed by atoms with E-state index in [2.05, 4.69) is 20.7 Å². The number of anilines is 2. The molecule has 7 nitrogen and oxygen atoms in total. The number of aryl methyl sites for hydroxylation is 1. The molecule has 34 heavy (non-hydrogen) atoms. The smallest absolute Gasteiger partial charge is 0.283 e.